The standard InChI is InChI=1S/C13H18ClFN2O/c14-11-7-6-10(15)9-12(11)17-13(18)5-3-1-2-4-8-16/h6-7,9H,1-5,8,16H2,(H,17,18). The lowest BCUT2D eigenvalue weighted by molar-refractivity contribution is -0.116. The molecule has 5 heteroatoms. The van der Waals surface area contributed by atoms with E-state index in [1.54, 1.807) is 0 Å². The van der Waals surface area contributed by atoms with Crippen LogP contribution < -0.4 is 11.1 Å². The molecule has 0 saturated carbocycles. The fraction of sp³-hybridized carbons (Fsp3) is 0.462. The Kier molecular flexibility index (Phi) is 6.68. The average molecular weight is 273 g/mol. The van der Waals surface area contributed by atoms with Gasteiger partial charge in [0.05, 0.1) is 10.7 Å². The van der Waals surface area contributed by atoms with E-state index in [2.05, 4.69) is 5.32 Å². The number of amides is 1. The second kappa shape index (κ2) is 8.06. The third-order valence-electron chi connectivity index (χ3n) is 2.56. The molecule has 0 atom stereocenters. The predicted octanol–water partition coefficient (Wildman–Crippen LogP) is 3.33. The monoisotopic (exact) mass is 272 g/mol. The summed E-state index contributed by atoms with van der Waals surface area (Å²) in [5.41, 5.74) is 5.70. The third kappa shape index (κ3) is 5.47. The van der Waals surface area contributed by atoms with Gasteiger partial charge >= 0.3 is 0 Å². The van der Waals surface area contributed by atoms with Crippen molar-refractivity contribution in [1.29, 1.82) is 0 Å². The fourth-order valence-corrected chi connectivity index (χ4v) is 1.75. The molecule has 0 aliphatic carbocycles. The average Bonchev–Trinajstić information content (AvgIpc) is 2.33. The van der Waals surface area contributed by atoms with Crippen LogP contribution in [0.1, 0.15) is 32.1 Å². The molecule has 0 spiro atoms. The Morgan fingerprint density at radius 1 is 1.28 bits per heavy atom. The van der Waals surface area contributed by atoms with Crippen LogP contribution in [0.3, 0.4) is 0 Å². The maximum atomic E-state index is 13.0. The number of rotatable bonds is 7. The SMILES string of the molecule is NCCCCCCC(=O)Nc1cc(F)ccc1Cl. The second-order valence-electron chi connectivity index (χ2n) is 4.13. The van der Waals surface area contributed by atoms with E-state index in [-0.39, 0.29) is 5.91 Å². The molecule has 3 nitrogen and oxygen atoms in total. The summed E-state index contributed by atoms with van der Waals surface area (Å²) in [7, 11) is 0. The number of carbonyl (C=O) groups is 1. The Balaban J connectivity index is 2.33. The first-order chi connectivity index (χ1) is 8.63. The van der Waals surface area contributed by atoms with E-state index in [1.807, 2.05) is 0 Å². The molecule has 0 aliphatic rings. The van der Waals surface area contributed by atoms with Crippen molar-refractivity contribution in [1.82, 2.24) is 0 Å². The van der Waals surface area contributed by atoms with Gasteiger partial charge < -0.3 is 11.1 Å². The van der Waals surface area contributed by atoms with Crippen LogP contribution in [-0.2, 0) is 4.79 Å². The summed E-state index contributed by atoms with van der Waals surface area (Å²) in [6.07, 6.45) is 4.21. The molecule has 1 aromatic carbocycles. The molecular weight excluding hydrogens is 255 g/mol. The molecule has 18 heavy (non-hydrogen) atoms. The first kappa shape index (κ1) is 14.9. The lowest BCUT2D eigenvalue weighted by atomic mass is 10.1. The largest absolute Gasteiger partial charge is 0.330 e. The first-order valence-electron chi connectivity index (χ1n) is 6.08. The van der Waals surface area contributed by atoms with Gasteiger partial charge in [-0.25, -0.2) is 4.39 Å². The van der Waals surface area contributed by atoms with E-state index in [0.29, 0.717) is 23.7 Å². The highest BCUT2D eigenvalue weighted by atomic mass is 35.5. The highest BCUT2D eigenvalue weighted by Crippen LogP contribution is 2.22. The molecule has 1 amide bonds. The van der Waals surface area contributed by atoms with Gasteiger partial charge in [0.25, 0.3) is 0 Å². The van der Waals surface area contributed by atoms with E-state index in [4.69, 9.17) is 17.3 Å². The van der Waals surface area contributed by atoms with Crippen LogP contribution in [-0.4, -0.2) is 12.5 Å². The van der Waals surface area contributed by atoms with E-state index in [9.17, 15) is 9.18 Å². The Bertz CT molecular complexity index is 399. The van der Waals surface area contributed by atoms with Gasteiger partial charge in [-0.15, -0.1) is 0 Å². The minimum absolute atomic E-state index is 0.143. The van der Waals surface area contributed by atoms with E-state index in [1.165, 1.54) is 18.2 Å². The molecule has 0 heterocycles. The topological polar surface area (TPSA) is 55.1 Å². The van der Waals surface area contributed by atoms with Gasteiger partial charge in [0.2, 0.25) is 5.91 Å². The molecule has 3 N–H and O–H groups in total. The maximum Gasteiger partial charge on any atom is 0.224 e. The number of anilines is 1. The smallest absolute Gasteiger partial charge is 0.224 e. The zero-order chi connectivity index (χ0) is 13.4. The van der Waals surface area contributed by atoms with E-state index < -0.39 is 5.82 Å². The molecule has 1 aromatic rings. The van der Waals surface area contributed by atoms with Gasteiger partial charge in [-0.2, -0.15) is 0 Å². The number of halogens is 2. The summed E-state index contributed by atoms with van der Waals surface area (Å²) in [5.74, 6) is -0.562. The van der Waals surface area contributed by atoms with Crippen molar-refractivity contribution >= 4 is 23.2 Å². The molecule has 0 saturated heterocycles. The van der Waals surface area contributed by atoms with Crippen LogP contribution >= 0.6 is 11.6 Å². The number of nitrogens with two attached hydrogens (primary N) is 1. The van der Waals surface area contributed by atoms with Crippen molar-refractivity contribution in [2.24, 2.45) is 5.73 Å². The van der Waals surface area contributed by atoms with Crippen LogP contribution in [0.2, 0.25) is 5.02 Å². The van der Waals surface area contributed by atoms with Crippen LogP contribution in [0.4, 0.5) is 10.1 Å². The van der Waals surface area contributed by atoms with Gasteiger partial charge in [-0.3, -0.25) is 4.79 Å². The summed E-state index contributed by atoms with van der Waals surface area (Å²) in [5, 5.41) is 2.95. The first-order valence-corrected chi connectivity index (χ1v) is 6.46. The second-order valence-corrected chi connectivity index (χ2v) is 4.53. The van der Waals surface area contributed by atoms with Crippen molar-refractivity contribution in [3.8, 4) is 0 Å². The predicted molar refractivity (Wildman–Crippen MR) is 72.2 cm³/mol. The summed E-state index contributed by atoms with van der Waals surface area (Å²) in [6, 6.07) is 3.90. The molecule has 100 valence electrons. The Morgan fingerprint density at radius 2 is 2.00 bits per heavy atom. The molecule has 1 rings (SSSR count). The Labute approximate surface area is 112 Å². The van der Waals surface area contributed by atoms with Crippen LogP contribution in [0.5, 0.6) is 0 Å². The number of carbonyl (C=O) groups excluding carboxylic acids is 1. The number of hydrogen-bond acceptors (Lipinski definition) is 2. The van der Waals surface area contributed by atoms with Crippen molar-refractivity contribution in [2.45, 2.75) is 32.1 Å². The van der Waals surface area contributed by atoms with Crippen molar-refractivity contribution < 1.29 is 9.18 Å². The van der Waals surface area contributed by atoms with Crippen molar-refractivity contribution in [3.63, 3.8) is 0 Å². The molecule has 0 fully saturated rings. The van der Waals surface area contributed by atoms with Crippen molar-refractivity contribution in [3.05, 3.63) is 29.0 Å². The van der Waals surface area contributed by atoms with Gasteiger partial charge in [-0.1, -0.05) is 24.4 Å². The summed E-state index contributed by atoms with van der Waals surface area (Å²) < 4.78 is 13.0. The summed E-state index contributed by atoms with van der Waals surface area (Å²) in [6.45, 7) is 0.686. The number of unbranched alkanes of at least 4 members (excludes halogenated alkanes) is 3. The highest BCUT2D eigenvalue weighted by Gasteiger charge is 2.06. The van der Waals surface area contributed by atoms with Gasteiger partial charge in [0.15, 0.2) is 0 Å². The minimum Gasteiger partial charge on any atom is -0.330 e. The van der Waals surface area contributed by atoms with Crippen molar-refractivity contribution in [2.75, 3.05) is 11.9 Å². The van der Waals surface area contributed by atoms with Crippen LogP contribution in [0.25, 0.3) is 0 Å². The zero-order valence-electron chi connectivity index (χ0n) is 10.2. The quantitative estimate of drug-likeness (QED) is 0.748. The normalized spacial score (nSPS) is 10.4. The van der Waals surface area contributed by atoms with Gasteiger partial charge in [-0.05, 0) is 37.6 Å². The summed E-state index contributed by atoms with van der Waals surface area (Å²) in [4.78, 5) is 11.6. The van der Waals surface area contributed by atoms with E-state index >= 15 is 0 Å². The molecule has 0 radical (unpaired) electrons. The third-order valence-corrected chi connectivity index (χ3v) is 2.89. The molecule has 0 unspecified atom stereocenters. The summed E-state index contributed by atoms with van der Waals surface area (Å²) >= 11 is 5.85. The molecule has 0 bridgehead atoms. The van der Waals surface area contributed by atoms with Gasteiger partial charge in [0, 0.05) is 6.42 Å². The molecular formula is C13H18ClFN2O. The molecule has 0 aliphatic heterocycles. The van der Waals surface area contributed by atoms with E-state index in [0.717, 1.165) is 25.7 Å². The number of nitrogens with one attached hydrogen (secondary N) is 1. The Hall–Kier alpha value is -1.13. The van der Waals surface area contributed by atoms with Crippen LogP contribution in [0, 0.1) is 5.82 Å². The lowest BCUT2D eigenvalue weighted by Crippen LogP contribution is -2.11. The maximum absolute atomic E-state index is 13.0. The number of benzene rings is 1. The number of hydrogen-bond donors (Lipinski definition) is 2. The highest BCUT2D eigenvalue weighted by molar-refractivity contribution is 6.33. The zero-order valence-corrected chi connectivity index (χ0v) is 11.0. The minimum atomic E-state index is -0.419. The van der Waals surface area contributed by atoms with Crippen LogP contribution in [0.15, 0.2) is 18.2 Å². The lowest BCUT2D eigenvalue weighted by Gasteiger charge is -2.07. The molecule has 0 aromatic heterocycles. The fourth-order valence-electron chi connectivity index (χ4n) is 1.59. The van der Waals surface area contributed by atoms with Gasteiger partial charge in [0.1, 0.15) is 5.82 Å². The Morgan fingerprint density at radius 3 is 2.72 bits per heavy atom.